The van der Waals surface area contributed by atoms with Crippen molar-refractivity contribution in [3.63, 3.8) is 0 Å². The number of alkyl halides is 4. The van der Waals surface area contributed by atoms with Crippen LogP contribution in [0.4, 0.5) is 17.6 Å². The first kappa shape index (κ1) is 21.2. The summed E-state index contributed by atoms with van der Waals surface area (Å²) in [4.78, 5) is 1.98. The molecule has 0 radical (unpaired) electrons. The van der Waals surface area contributed by atoms with Crippen LogP contribution in [-0.4, -0.2) is 44.1 Å². The van der Waals surface area contributed by atoms with Gasteiger partial charge >= 0.3 is 6.36 Å². The predicted octanol–water partition coefficient (Wildman–Crippen LogP) is 3.34. The van der Waals surface area contributed by atoms with Gasteiger partial charge in [-0.15, -0.1) is 38.0 Å². The van der Waals surface area contributed by atoms with Crippen molar-refractivity contribution >= 4 is 24.8 Å². The fourth-order valence-corrected chi connectivity index (χ4v) is 2.28. The molecule has 128 valence electrons. The number of halogens is 6. The normalized spacial score (nSPS) is 17.1. The Labute approximate surface area is 138 Å². The van der Waals surface area contributed by atoms with E-state index in [1.807, 2.05) is 4.90 Å². The first-order chi connectivity index (χ1) is 9.49. The molecule has 0 saturated carbocycles. The second kappa shape index (κ2) is 9.39. The number of nitrogens with zero attached hydrogens (tertiary/aromatic N) is 1. The lowest BCUT2D eigenvalue weighted by atomic mass is 10.1. The van der Waals surface area contributed by atoms with Gasteiger partial charge in [-0.3, -0.25) is 4.90 Å². The second-order valence-corrected chi connectivity index (χ2v) is 4.57. The van der Waals surface area contributed by atoms with Gasteiger partial charge in [0.15, 0.2) is 0 Å². The summed E-state index contributed by atoms with van der Waals surface area (Å²) in [5.74, 6) is -0.292. The van der Waals surface area contributed by atoms with E-state index < -0.39 is 19.1 Å². The van der Waals surface area contributed by atoms with Crippen LogP contribution in [0.15, 0.2) is 24.3 Å². The third-order valence-corrected chi connectivity index (χ3v) is 3.24. The quantitative estimate of drug-likeness (QED) is 0.829. The van der Waals surface area contributed by atoms with Gasteiger partial charge < -0.3 is 10.1 Å². The molecule has 22 heavy (non-hydrogen) atoms. The van der Waals surface area contributed by atoms with E-state index in [0.29, 0.717) is 5.56 Å². The zero-order valence-electron chi connectivity index (χ0n) is 11.6. The molecule has 1 saturated heterocycles. The summed E-state index contributed by atoms with van der Waals surface area (Å²) in [5, 5.41) is 3.17. The Morgan fingerprint density at radius 1 is 1.09 bits per heavy atom. The van der Waals surface area contributed by atoms with E-state index in [-0.39, 0.29) is 30.6 Å². The van der Waals surface area contributed by atoms with Crippen LogP contribution in [0.5, 0.6) is 5.75 Å². The highest BCUT2D eigenvalue weighted by molar-refractivity contribution is 5.85. The summed E-state index contributed by atoms with van der Waals surface area (Å²) in [6.07, 6.45) is -4.71. The predicted molar refractivity (Wildman–Crippen MR) is 80.8 cm³/mol. The Bertz CT molecular complexity index is 425. The molecule has 1 aromatic carbocycles. The monoisotopic (exact) mass is 364 g/mol. The largest absolute Gasteiger partial charge is 0.573 e. The molecular formula is C13H18Cl2F4N2O. The minimum absolute atomic E-state index is 0. The van der Waals surface area contributed by atoms with Crippen molar-refractivity contribution in [3.8, 4) is 5.75 Å². The molecule has 1 heterocycles. The van der Waals surface area contributed by atoms with Gasteiger partial charge in [0.2, 0.25) is 0 Å². The molecule has 0 unspecified atom stereocenters. The van der Waals surface area contributed by atoms with Gasteiger partial charge in [0.05, 0.1) is 6.04 Å². The molecule has 1 N–H and O–H groups in total. The lowest BCUT2D eigenvalue weighted by Crippen LogP contribution is -2.45. The Hall–Kier alpha value is -0.760. The molecule has 0 aromatic heterocycles. The molecule has 1 aliphatic rings. The molecule has 1 aliphatic heterocycles. The van der Waals surface area contributed by atoms with E-state index in [1.165, 1.54) is 24.3 Å². The van der Waals surface area contributed by atoms with Crippen LogP contribution < -0.4 is 10.1 Å². The van der Waals surface area contributed by atoms with Gasteiger partial charge in [-0.2, -0.15) is 0 Å². The molecule has 0 spiro atoms. The van der Waals surface area contributed by atoms with Crippen molar-refractivity contribution in [2.45, 2.75) is 12.4 Å². The molecule has 0 amide bonds. The average Bonchev–Trinajstić information content (AvgIpc) is 2.41. The van der Waals surface area contributed by atoms with Crippen molar-refractivity contribution in [2.24, 2.45) is 0 Å². The maximum atomic E-state index is 13.2. The molecule has 2 rings (SSSR count). The van der Waals surface area contributed by atoms with Gasteiger partial charge in [-0.25, -0.2) is 4.39 Å². The molecule has 3 nitrogen and oxygen atoms in total. The van der Waals surface area contributed by atoms with E-state index >= 15 is 0 Å². The second-order valence-electron chi connectivity index (χ2n) is 4.57. The van der Waals surface area contributed by atoms with E-state index in [9.17, 15) is 17.6 Å². The molecule has 9 heteroatoms. The maximum absolute atomic E-state index is 13.2. The van der Waals surface area contributed by atoms with Crippen molar-refractivity contribution < 1.29 is 22.3 Å². The number of ether oxygens (including phenoxy) is 1. The number of benzene rings is 1. The van der Waals surface area contributed by atoms with Crippen LogP contribution >= 0.6 is 24.8 Å². The highest BCUT2D eigenvalue weighted by Crippen LogP contribution is 2.27. The SMILES string of the molecule is Cl.Cl.FC[C@@H](c1ccc(OC(F)(F)F)cc1)N1CCNCC1. The van der Waals surface area contributed by atoms with Crippen molar-refractivity contribution in [3.05, 3.63) is 29.8 Å². The summed E-state index contributed by atoms with van der Waals surface area (Å²) in [6, 6.07) is 4.97. The van der Waals surface area contributed by atoms with Gasteiger partial charge in [0.25, 0.3) is 0 Å². The van der Waals surface area contributed by atoms with E-state index in [0.717, 1.165) is 26.2 Å². The number of nitrogens with one attached hydrogen (secondary N) is 1. The zero-order valence-corrected chi connectivity index (χ0v) is 13.2. The van der Waals surface area contributed by atoms with E-state index in [4.69, 9.17) is 0 Å². The lowest BCUT2D eigenvalue weighted by molar-refractivity contribution is -0.274. The van der Waals surface area contributed by atoms with Crippen molar-refractivity contribution in [2.75, 3.05) is 32.9 Å². The van der Waals surface area contributed by atoms with Crippen LogP contribution in [0.2, 0.25) is 0 Å². The van der Waals surface area contributed by atoms with Gasteiger partial charge in [0.1, 0.15) is 12.4 Å². The number of rotatable bonds is 4. The summed E-state index contributed by atoms with van der Waals surface area (Å²) < 4.78 is 53.2. The molecule has 1 atom stereocenters. The van der Waals surface area contributed by atoms with Gasteiger partial charge in [-0.1, -0.05) is 12.1 Å². The van der Waals surface area contributed by atoms with Crippen LogP contribution in [0.1, 0.15) is 11.6 Å². The Morgan fingerprint density at radius 3 is 2.09 bits per heavy atom. The molecular weight excluding hydrogens is 347 g/mol. The van der Waals surface area contributed by atoms with E-state index in [1.54, 1.807) is 0 Å². The third-order valence-electron chi connectivity index (χ3n) is 3.24. The fraction of sp³-hybridized carbons (Fsp3) is 0.538. The first-order valence-electron chi connectivity index (χ1n) is 6.36. The van der Waals surface area contributed by atoms with Gasteiger partial charge in [0, 0.05) is 26.2 Å². The number of piperazine rings is 1. The standard InChI is InChI=1S/C13H16F4N2O.2ClH/c14-9-12(19-7-5-18-6-8-19)10-1-3-11(4-2-10)20-13(15,16)17;;/h1-4,12,18H,5-9H2;2*1H/t12-;;/m0../s1. The highest BCUT2D eigenvalue weighted by atomic mass is 35.5. The Balaban J connectivity index is 0.00000220. The summed E-state index contributed by atoms with van der Waals surface area (Å²) in [7, 11) is 0. The molecule has 1 aromatic rings. The molecule has 0 bridgehead atoms. The topological polar surface area (TPSA) is 24.5 Å². The fourth-order valence-electron chi connectivity index (χ4n) is 2.28. The third kappa shape index (κ3) is 6.16. The highest BCUT2D eigenvalue weighted by Gasteiger charge is 2.31. The number of hydrogen-bond acceptors (Lipinski definition) is 3. The summed E-state index contributed by atoms with van der Waals surface area (Å²) in [6.45, 7) is 2.43. The van der Waals surface area contributed by atoms with Crippen LogP contribution in [0.25, 0.3) is 0 Å². The van der Waals surface area contributed by atoms with Crippen LogP contribution in [-0.2, 0) is 0 Å². The smallest absolute Gasteiger partial charge is 0.406 e. The van der Waals surface area contributed by atoms with Crippen LogP contribution in [0, 0.1) is 0 Å². The minimum Gasteiger partial charge on any atom is -0.406 e. The Morgan fingerprint density at radius 2 is 1.64 bits per heavy atom. The van der Waals surface area contributed by atoms with Crippen LogP contribution in [0.3, 0.4) is 0 Å². The Kier molecular flexibility index (Phi) is 9.07. The zero-order chi connectivity index (χ0) is 14.6. The molecule has 1 fully saturated rings. The average molecular weight is 365 g/mol. The minimum atomic E-state index is -4.71. The van der Waals surface area contributed by atoms with E-state index in [2.05, 4.69) is 10.1 Å². The number of hydrogen-bond donors (Lipinski definition) is 1. The lowest BCUT2D eigenvalue weighted by Gasteiger charge is -2.33. The summed E-state index contributed by atoms with van der Waals surface area (Å²) in [5.41, 5.74) is 0.656. The van der Waals surface area contributed by atoms with Crippen molar-refractivity contribution in [1.29, 1.82) is 0 Å². The molecule has 0 aliphatic carbocycles. The maximum Gasteiger partial charge on any atom is 0.573 e. The first-order valence-corrected chi connectivity index (χ1v) is 6.36. The van der Waals surface area contributed by atoms with Crippen molar-refractivity contribution in [1.82, 2.24) is 10.2 Å². The van der Waals surface area contributed by atoms with Gasteiger partial charge in [-0.05, 0) is 17.7 Å². The summed E-state index contributed by atoms with van der Waals surface area (Å²) >= 11 is 0.